The highest BCUT2D eigenvalue weighted by Crippen LogP contribution is 2.28. The number of hydrogen-bond acceptors (Lipinski definition) is 7. The molecule has 0 aromatic carbocycles. The van der Waals surface area contributed by atoms with Crippen LogP contribution in [0.25, 0.3) is 0 Å². The summed E-state index contributed by atoms with van der Waals surface area (Å²) in [5.41, 5.74) is 6.52. The predicted molar refractivity (Wildman–Crippen MR) is 85.4 cm³/mol. The summed E-state index contributed by atoms with van der Waals surface area (Å²) in [5.74, 6) is -0.180. The van der Waals surface area contributed by atoms with Crippen LogP contribution in [0.1, 0.15) is 46.9 Å². The SMILES string of the molecule is CCOc1nnc(CN2CCC[C@H](c3cc(C(N)=O)n[nH]3)C2)s1. The molecule has 0 unspecified atom stereocenters. The third-order valence-electron chi connectivity index (χ3n) is 3.87. The lowest BCUT2D eigenvalue weighted by Crippen LogP contribution is -2.34. The molecule has 0 spiro atoms. The molecule has 3 N–H and O–H groups in total. The van der Waals surface area contributed by atoms with Gasteiger partial charge in [-0.15, -0.1) is 10.2 Å². The third kappa shape index (κ3) is 3.85. The Labute approximate surface area is 138 Å². The molecular formula is C14H20N6O2S. The number of nitrogens with zero attached hydrogens (tertiary/aromatic N) is 4. The van der Waals surface area contributed by atoms with Gasteiger partial charge < -0.3 is 10.5 Å². The number of carbonyl (C=O) groups excluding carboxylic acids is 1. The van der Waals surface area contributed by atoms with Crippen LogP contribution in [-0.2, 0) is 6.54 Å². The van der Waals surface area contributed by atoms with Crippen molar-refractivity contribution in [1.29, 1.82) is 0 Å². The summed E-state index contributed by atoms with van der Waals surface area (Å²) < 4.78 is 5.36. The molecule has 1 fully saturated rings. The van der Waals surface area contributed by atoms with Crippen LogP contribution in [0.5, 0.6) is 5.19 Å². The first kappa shape index (κ1) is 15.9. The van der Waals surface area contributed by atoms with E-state index in [0.29, 0.717) is 23.4 Å². The lowest BCUT2D eigenvalue weighted by molar-refractivity contribution is 0.0995. The molecule has 3 rings (SSSR count). The number of aromatic nitrogens is 4. The second kappa shape index (κ2) is 7.05. The van der Waals surface area contributed by atoms with Crippen molar-refractivity contribution >= 4 is 17.2 Å². The highest BCUT2D eigenvalue weighted by molar-refractivity contribution is 7.13. The second-order valence-electron chi connectivity index (χ2n) is 5.54. The zero-order valence-corrected chi connectivity index (χ0v) is 13.8. The molecule has 124 valence electrons. The quantitative estimate of drug-likeness (QED) is 0.818. The molecule has 8 nitrogen and oxygen atoms in total. The zero-order valence-electron chi connectivity index (χ0n) is 13.0. The Balaban J connectivity index is 1.61. The van der Waals surface area contributed by atoms with Crippen molar-refractivity contribution in [3.8, 4) is 5.19 Å². The van der Waals surface area contributed by atoms with Crippen molar-refractivity contribution in [2.75, 3.05) is 19.7 Å². The Morgan fingerprint density at radius 1 is 1.57 bits per heavy atom. The fraction of sp³-hybridized carbons (Fsp3) is 0.571. The third-order valence-corrected chi connectivity index (χ3v) is 4.69. The Hall–Kier alpha value is -2.00. The van der Waals surface area contributed by atoms with Gasteiger partial charge in [-0.25, -0.2) is 0 Å². The number of primary amides is 1. The number of amides is 1. The number of likely N-dealkylation sites (tertiary alicyclic amines) is 1. The molecular weight excluding hydrogens is 316 g/mol. The van der Waals surface area contributed by atoms with Crippen LogP contribution in [0.15, 0.2) is 6.07 Å². The van der Waals surface area contributed by atoms with Crippen molar-refractivity contribution < 1.29 is 9.53 Å². The van der Waals surface area contributed by atoms with Gasteiger partial charge in [0.2, 0.25) is 0 Å². The van der Waals surface area contributed by atoms with Crippen molar-refractivity contribution in [3.05, 3.63) is 22.5 Å². The van der Waals surface area contributed by atoms with Crippen LogP contribution in [0.2, 0.25) is 0 Å². The molecule has 0 saturated carbocycles. The lowest BCUT2D eigenvalue weighted by Gasteiger charge is -2.31. The largest absolute Gasteiger partial charge is 0.469 e. The summed E-state index contributed by atoms with van der Waals surface area (Å²) in [6, 6.07) is 1.76. The summed E-state index contributed by atoms with van der Waals surface area (Å²) in [6.07, 6.45) is 2.16. The molecule has 1 aliphatic heterocycles. The van der Waals surface area contributed by atoms with Gasteiger partial charge in [-0.1, -0.05) is 11.3 Å². The number of nitrogens with one attached hydrogen (secondary N) is 1. The van der Waals surface area contributed by atoms with Crippen molar-refractivity contribution in [2.24, 2.45) is 5.73 Å². The molecule has 2 aromatic heterocycles. The highest BCUT2D eigenvalue weighted by atomic mass is 32.1. The molecule has 3 heterocycles. The van der Waals surface area contributed by atoms with E-state index in [1.807, 2.05) is 6.92 Å². The van der Waals surface area contributed by atoms with Gasteiger partial charge in [0.25, 0.3) is 11.1 Å². The first-order valence-electron chi connectivity index (χ1n) is 7.68. The van der Waals surface area contributed by atoms with E-state index in [2.05, 4.69) is 25.3 Å². The minimum absolute atomic E-state index is 0.294. The van der Waals surface area contributed by atoms with Crippen LogP contribution in [-0.4, -0.2) is 50.9 Å². The normalized spacial score (nSPS) is 18.9. The number of piperidine rings is 1. The minimum atomic E-state index is -0.502. The molecule has 0 aliphatic carbocycles. The van der Waals surface area contributed by atoms with Gasteiger partial charge in [0.05, 0.1) is 13.2 Å². The Kier molecular flexibility index (Phi) is 4.87. The first-order chi connectivity index (χ1) is 11.2. The van der Waals surface area contributed by atoms with Gasteiger partial charge in [-0.05, 0) is 32.4 Å². The second-order valence-corrected chi connectivity index (χ2v) is 6.57. The Morgan fingerprint density at radius 3 is 3.17 bits per heavy atom. The zero-order chi connectivity index (χ0) is 16.2. The molecule has 1 aliphatic rings. The standard InChI is InChI=1S/C14H20N6O2S/c1-2-22-14-19-18-12(23-14)8-20-5-3-4-9(7-20)10-6-11(13(15)21)17-16-10/h6,9H,2-5,7-8H2,1H3,(H2,15,21)(H,16,17)/t9-/m0/s1. The van der Waals surface area contributed by atoms with Gasteiger partial charge in [-0.3, -0.25) is 14.8 Å². The van der Waals surface area contributed by atoms with Crippen LogP contribution in [0, 0.1) is 0 Å². The molecule has 1 saturated heterocycles. The van der Waals surface area contributed by atoms with Gasteiger partial charge in [0.1, 0.15) is 10.7 Å². The molecule has 23 heavy (non-hydrogen) atoms. The molecule has 2 aromatic rings. The maximum absolute atomic E-state index is 11.2. The molecule has 1 amide bonds. The summed E-state index contributed by atoms with van der Waals surface area (Å²) >= 11 is 1.49. The van der Waals surface area contributed by atoms with E-state index >= 15 is 0 Å². The Bertz CT molecular complexity index is 670. The number of ether oxygens (including phenoxy) is 1. The van der Waals surface area contributed by atoms with E-state index in [9.17, 15) is 4.79 Å². The smallest absolute Gasteiger partial charge is 0.294 e. The van der Waals surface area contributed by atoms with E-state index < -0.39 is 5.91 Å². The van der Waals surface area contributed by atoms with Gasteiger partial charge in [0.15, 0.2) is 0 Å². The number of hydrogen-bond donors (Lipinski definition) is 2. The van der Waals surface area contributed by atoms with E-state index in [0.717, 1.165) is 43.2 Å². The number of nitrogens with two attached hydrogens (primary N) is 1. The van der Waals surface area contributed by atoms with Gasteiger partial charge in [0, 0.05) is 18.2 Å². The average Bonchev–Trinajstić information content (AvgIpc) is 3.17. The highest BCUT2D eigenvalue weighted by Gasteiger charge is 2.24. The number of aromatic amines is 1. The van der Waals surface area contributed by atoms with E-state index in [1.165, 1.54) is 11.3 Å². The van der Waals surface area contributed by atoms with Gasteiger partial charge in [-0.2, -0.15) is 5.10 Å². The maximum atomic E-state index is 11.2. The monoisotopic (exact) mass is 336 g/mol. The summed E-state index contributed by atoms with van der Waals surface area (Å²) in [5, 5.41) is 16.7. The van der Waals surface area contributed by atoms with E-state index in [1.54, 1.807) is 6.07 Å². The van der Waals surface area contributed by atoms with Crippen LogP contribution in [0.4, 0.5) is 0 Å². The number of carbonyl (C=O) groups is 1. The minimum Gasteiger partial charge on any atom is -0.469 e. The topological polar surface area (TPSA) is 110 Å². The Morgan fingerprint density at radius 2 is 2.43 bits per heavy atom. The fourth-order valence-corrected chi connectivity index (χ4v) is 3.59. The van der Waals surface area contributed by atoms with Crippen molar-refractivity contribution in [3.63, 3.8) is 0 Å². The van der Waals surface area contributed by atoms with Gasteiger partial charge >= 0.3 is 0 Å². The summed E-state index contributed by atoms with van der Waals surface area (Å²) in [7, 11) is 0. The van der Waals surface area contributed by atoms with Crippen molar-refractivity contribution in [1.82, 2.24) is 25.3 Å². The summed E-state index contributed by atoms with van der Waals surface area (Å²) in [4.78, 5) is 13.5. The lowest BCUT2D eigenvalue weighted by atomic mass is 9.94. The van der Waals surface area contributed by atoms with Crippen molar-refractivity contribution in [2.45, 2.75) is 32.2 Å². The fourth-order valence-electron chi connectivity index (χ4n) is 2.80. The van der Waals surface area contributed by atoms with Crippen LogP contribution >= 0.6 is 11.3 Å². The molecule has 0 bridgehead atoms. The predicted octanol–water partition coefficient (Wildman–Crippen LogP) is 1.14. The average molecular weight is 336 g/mol. The molecule has 9 heteroatoms. The summed E-state index contributed by atoms with van der Waals surface area (Å²) in [6.45, 7) is 5.21. The van der Waals surface area contributed by atoms with E-state index in [4.69, 9.17) is 10.5 Å². The van der Waals surface area contributed by atoms with Crippen LogP contribution in [0.3, 0.4) is 0 Å². The maximum Gasteiger partial charge on any atom is 0.294 e. The first-order valence-corrected chi connectivity index (χ1v) is 8.50. The molecule has 0 radical (unpaired) electrons. The number of H-pyrrole nitrogens is 1. The number of rotatable bonds is 6. The van der Waals surface area contributed by atoms with Crippen LogP contribution < -0.4 is 10.5 Å². The molecule has 1 atom stereocenters. The van der Waals surface area contributed by atoms with E-state index in [-0.39, 0.29) is 0 Å².